The second-order valence-corrected chi connectivity index (χ2v) is 7.56. The zero-order valence-corrected chi connectivity index (χ0v) is 15.2. The number of fused-ring (bicyclic) bond motifs is 1. The Morgan fingerprint density at radius 1 is 1.36 bits per heavy atom. The molecule has 0 aromatic carbocycles. The third-order valence-electron chi connectivity index (χ3n) is 4.85. The first-order chi connectivity index (χ1) is 12.1. The highest BCUT2D eigenvalue weighted by Gasteiger charge is 2.25. The molecule has 4 heterocycles. The molecule has 4 rings (SSSR count). The van der Waals surface area contributed by atoms with E-state index in [0.29, 0.717) is 6.04 Å². The van der Waals surface area contributed by atoms with E-state index in [1.165, 1.54) is 11.3 Å². The predicted octanol–water partition coefficient (Wildman–Crippen LogP) is 2.85. The zero-order chi connectivity index (χ0) is 17.4. The third-order valence-corrected chi connectivity index (χ3v) is 5.77. The largest absolute Gasteiger partial charge is 0.345 e. The maximum atomic E-state index is 12.8. The Balaban J connectivity index is 1.50. The first-order valence-electron chi connectivity index (χ1n) is 8.46. The molecule has 1 aliphatic heterocycles. The highest BCUT2D eigenvalue weighted by molar-refractivity contribution is 7.12. The van der Waals surface area contributed by atoms with Crippen molar-refractivity contribution in [2.24, 2.45) is 0 Å². The van der Waals surface area contributed by atoms with Gasteiger partial charge in [-0.1, -0.05) is 0 Å². The van der Waals surface area contributed by atoms with E-state index < -0.39 is 0 Å². The van der Waals surface area contributed by atoms with Gasteiger partial charge in [0.2, 0.25) is 0 Å². The van der Waals surface area contributed by atoms with E-state index in [9.17, 15) is 4.79 Å². The van der Waals surface area contributed by atoms with Crippen molar-refractivity contribution in [1.82, 2.24) is 24.8 Å². The van der Waals surface area contributed by atoms with E-state index in [1.54, 1.807) is 6.20 Å². The van der Waals surface area contributed by atoms with Crippen molar-refractivity contribution in [2.75, 3.05) is 27.2 Å². The average Bonchev–Trinajstić information content (AvgIpc) is 3.29. The van der Waals surface area contributed by atoms with Crippen LogP contribution < -0.4 is 0 Å². The molecule has 0 spiro atoms. The summed E-state index contributed by atoms with van der Waals surface area (Å²) in [6.45, 7) is 1.65. The molecule has 7 heteroatoms. The second-order valence-electron chi connectivity index (χ2n) is 6.65. The molecule has 1 N–H and O–H groups in total. The van der Waals surface area contributed by atoms with Gasteiger partial charge < -0.3 is 14.8 Å². The number of hydrogen-bond acceptors (Lipinski definition) is 5. The van der Waals surface area contributed by atoms with Crippen LogP contribution in [0.4, 0.5) is 0 Å². The number of nitrogens with zero attached hydrogens (tertiary/aromatic N) is 4. The number of carbonyl (C=O) groups excluding carboxylic acids is 1. The number of piperidine rings is 1. The van der Waals surface area contributed by atoms with Crippen LogP contribution in [0.1, 0.15) is 22.5 Å². The van der Waals surface area contributed by atoms with Gasteiger partial charge in [0.15, 0.2) is 5.65 Å². The number of rotatable bonds is 3. The summed E-state index contributed by atoms with van der Waals surface area (Å²) >= 11 is 1.48. The van der Waals surface area contributed by atoms with Gasteiger partial charge in [0, 0.05) is 36.3 Å². The molecule has 0 aliphatic carbocycles. The molecule has 1 saturated heterocycles. The van der Waals surface area contributed by atoms with E-state index in [-0.39, 0.29) is 5.91 Å². The van der Waals surface area contributed by atoms with E-state index in [2.05, 4.69) is 33.9 Å². The third kappa shape index (κ3) is 3.17. The summed E-state index contributed by atoms with van der Waals surface area (Å²) in [7, 11) is 4.21. The molecule has 130 valence electrons. The smallest absolute Gasteiger partial charge is 0.263 e. The van der Waals surface area contributed by atoms with Crippen molar-refractivity contribution in [3.8, 4) is 11.3 Å². The fourth-order valence-corrected chi connectivity index (χ4v) is 4.16. The Labute approximate surface area is 150 Å². The number of hydrogen-bond donors (Lipinski definition) is 1. The zero-order valence-electron chi connectivity index (χ0n) is 14.4. The lowest BCUT2D eigenvalue weighted by atomic mass is 10.0. The lowest BCUT2D eigenvalue weighted by Crippen LogP contribution is -2.44. The van der Waals surface area contributed by atoms with Crippen molar-refractivity contribution in [2.45, 2.75) is 18.9 Å². The van der Waals surface area contributed by atoms with Gasteiger partial charge in [0.25, 0.3) is 5.91 Å². The van der Waals surface area contributed by atoms with E-state index in [0.717, 1.165) is 53.2 Å². The summed E-state index contributed by atoms with van der Waals surface area (Å²) in [5, 5.41) is 1.99. The van der Waals surface area contributed by atoms with Crippen molar-refractivity contribution in [1.29, 1.82) is 0 Å². The number of H-pyrrole nitrogens is 1. The minimum absolute atomic E-state index is 0.129. The van der Waals surface area contributed by atoms with Gasteiger partial charge >= 0.3 is 0 Å². The molecule has 3 aromatic heterocycles. The summed E-state index contributed by atoms with van der Waals surface area (Å²) in [6.07, 6.45) is 5.64. The first kappa shape index (κ1) is 16.2. The van der Waals surface area contributed by atoms with Crippen LogP contribution in [-0.2, 0) is 0 Å². The lowest BCUT2D eigenvalue weighted by Gasteiger charge is -2.35. The quantitative estimate of drug-likeness (QED) is 0.785. The Hall–Kier alpha value is -2.25. The Bertz CT molecular complexity index is 892. The number of aromatic amines is 1. The average molecular weight is 355 g/mol. The molecule has 25 heavy (non-hydrogen) atoms. The highest BCUT2D eigenvalue weighted by Crippen LogP contribution is 2.27. The van der Waals surface area contributed by atoms with E-state index >= 15 is 0 Å². The van der Waals surface area contributed by atoms with Gasteiger partial charge in [-0.3, -0.25) is 4.79 Å². The molecule has 3 aromatic rings. The Kier molecular flexibility index (Phi) is 4.27. The molecular weight excluding hydrogens is 334 g/mol. The molecule has 0 saturated carbocycles. The van der Waals surface area contributed by atoms with Crippen LogP contribution in [0.3, 0.4) is 0 Å². The number of nitrogens with one attached hydrogen (secondary N) is 1. The van der Waals surface area contributed by atoms with Crippen LogP contribution in [0.5, 0.6) is 0 Å². The van der Waals surface area contributed by atoms with Crippen molar-refractivity contribution >= 4 is 28.4 Å². The molecule has 1 amide bonds. The summed E-state index contributed by atoms with van der Waals surface area (Å²) in [4.78, 5) is 29.8. The highest BCUT2D eigenvalue weighted by atomic mass is 32.1. The summed E-state index contributed by atoms with van der Waals surface area (Å²) < 4.78 is 0. The van der Waals surface area contributed by atoms with Gasteiger partial charge in [0.05, 0.1) is 16.8 Å². The van der Waals surface area contributed by atoms with Gasteiger partial charge in [-0.25, -0.2) is 9.97 Å². The Morgan fingerprint density at radius 2 is 2.16 bits per heavy atom. The number of thiophene rings is 1. The number of carbonyl (C=O) groups is 1. The van der Waals surface area contributed by atoms with Gasteiger partial charge in [-0.2, -0.15) is 0 Å². The topological polar surface area (TPSA) is 65.1 Å². The lowest BCUT2D eigenvalue weighted by molar-refractivity contribution is 0.0668. The monoisotopic (exact) mass is 355 g/mol. The fourth-order valence-electron chi connectivity index (χ4n) is 3.29. The second kappa shape index (κ2) is 6.57. The van der Waals surface area contributed by atoms with Crippen LogP contribution in [0.25, 0.3) is 22.4 Å². The molecule has 6 nitrogen and oxygen atoms in total. The minimum Gasteiger partial charge on any atom is -0.345 e. The van der Waals surface area contributed by atoms with Gasteiger partial charge in [-0.15, -0.1) is 11.3 Å². The Morgan fingerprint density at radius 3 is 2.92 bits per heavy atom. The maximum absolute atomic E-state index is 12.8. The van der Waals surface area contributed by atoms with E-state index in [1.807, 2.05) is 28.6 Å². The molecule has 0 bridgehead atoms. The van der Waals surface area contributed by atoms with Gasteiger partial charge in [0.1, 0.15) is 5.52 Å². The number of aromatic nitrogens is 3. The SMILES string of the molecule is CN(C)C1CCN(C(=O)c2cc(-c3cnc4[nH]ccc4n3)cs2)CC1. The molecule has 0 radical (unpaired) electrons. The normalized spacial score (nSPS) is 16.0. The predicted molar refractivity (Wildman–Crippen MR) is 99.8 cm³/mol. The summed E-state index contributed by atoms with van der Waals surface area (Å²) in [5.41, 5.74) is 3.36. The fraction of sp³-hybridized carbons (Fsp3) is 0.389. The van der Waals surface area contributed by atoms with E-state index in [4.69, 9.17) is 0 Å². The molecule has 1 aliphatic rings. The van der Waals surface area contributed by atoms with Gasteiger partial charge in [-0.05, 0) is 39.1 Å². The number of likely N-dealkylation sites (tertiary alicyclic amines) is 1. The molecular formula is C18H21N5OS. The molecule has 1 fully saturated rings. The minimum atomic E-state index is 0.129. The van der Waals surface area contributed by atoms with Crippen LogP contribution in [0, 0.1) is 0 Å². The standard InChI is InChI=1S/C18H21N5OS/c1-22(2)13-4-7-23(8-5-13)18(24)16-9-12(11-25-16)15-10-20-17-14(21-15)3-6-19-17/h3,6,9-11,13H,4-5,7-8H2,1-2H3,(H,19,20). The van der Waals surface area contributed by atoms with Crippen molar-refractivity contribution < 1.29 is 4.79 Å². The summed E-state index contributed by atoms with van der Waals surface area (Å²) in [5.74, 6) is 0.129. The van der Waals surface area contributed by atoms with Crippen molar-refractivity contribution in [3.05, 3.63) is 34.8 Å². The maximum Gasteiger partial charge on any atom is 0.263 e. The number of amides is 1. The molecule has 0 unspecified atom stereocenters. The van der Waals surface area contributed by atoms with Crippen molar-refractivity contribution in [3.63, 3.8) is 0 Å². The van der Waals surface area contributed by atoms with Crippen LogP contribution in [0.15, 0.2) is 29.9 Å². The van der Waals surface area contributed by atoms with Crippen LogP contribution in [-0.4, -0.2) is 63.9 Å². The summed E-state index contributed by atoms with van der Waals surface area (Å²) in [6, 6.07) is 4.42. The first-order valence-corrected chi connectivity index (χ1v) is 9.34. The molecule has 0 atom stereocenters. The van der Waals surface area contributed by atoms with Crippen LogP contribution in [0.2, 0.25) is 0 Å². The van der Waals surface area contributed by atoms with Crippen LogP contribution >= 0.6 is 11.3 Å².